The molecule has 1 fully saturated rings. The molecule has 0 aliphatic carbocycles. The lowest BCUT2D eigenvalue weighted by atomic mass is 10.2. The van der Waals surface area contributed by atoms with Crippen LogP contribution in [0, 0.1) is 0 Å². The maximum absolute atomic E-state index is 13.1. The number of anilines is 3. The van der Waals surface area contributed by atoms with Crippen LogP contribution in [0.1, 0.15) is 24.3 Å². The minimum Gasteiger partial charge on any atom is -0.380 e. The van der Waals surface area contributed by atoms with Crippen molar-refractivity contribution in [1.82, 2.24) is 14.9 Å². The third kappa shape index (κ3) is 5.88. The monoisotopic (exact) mass is 492 g/mol. The fraction of sp³-hybridized carbons (Fsp3) is 0.364. The van der Waals surface area contributed by atoms with Gasteiger partial charge in [0.25, 0.3) is 5.91 Å². The van der Waals surface area contributed by atoms with E-state index >= 15 is 0 Å². The van der Waals surface area contributed by atoms with E-state index in [-0.39, 0.29) is 18.3 Å². The van der Waals surface area contributed by atoms with Gasteiger partial charge < -0.3 is 20.1 Å². The topological polar surface area (TPSA) is 110 Å². The molecule has 4 rings (SSSR count). The number of nitrogens with zero attached hydrogens (tertiary/aromatic N) is 3. The van der Waals surface area contributed by atoms with Gasteiger partial charge in [-0.15, -0.1) is 12.4 Å². The molecule has 178 valence electrons. The molecular weight excluding hydrogens is 464 g/mol. The van der Waals surface area contributed by atoms with Gasteiger partial charge in [0.05, 0.1) is 11.9 Å². The molecule has 0 bridgehead atoms. The van der Waals surface area contributed by atoms with Crippen molar-refractivity contribution in [2.75, 3.05) is 47.4 Å². The highest BCUT2D eigenvalue weighted by Crippen LogP contribution is 2.26. The first-order chi connectivity index (χ1) is 15.2. The normalized spacial score (nSPS) is 14.3. The van der Waals surface area contributed by atoms with E-state index in [4.69, 9.17) is 0 Å². The zero-order chi connectivity index (χ0) is 22.9. The Bertz CT molecular complexity index is 1240. The average molecular weight is 493 g/mol. The fourth-order valence-electron chi connectivity index (χ4n) is 3.89. The smallest absolute Gasteiger partial charge is 0.270 e. The van der Waals surface area contributed by atoms with Crippen LogP contribution in [0.4, 0.5) is 17.2 Å². The van der Waals surface area contributed by atoms with Crippen LogP contribution in [0.25, 0.3) is 10.9 Å². The maximum Gasteiger partial charge on any atom is 0.270 e. The van der Waals surface area contributed by atoms with Crippen molar-refractivity contribution in [3.05, 3.63) is 48.3 Å². The van der Waals surface area contributed by atoms with Gasteiger partial charge in [0, 0.05) is 55.0 Å². The van der Waals surface area contributed by atoms with Crippen molar-refractivity contribution in [3.8, 4) is 0 Å². The molecular formula is C22H29ClN6O3S. The van der Waals surface area contributed by atoms with E-state index in [1.807, 2.05) is 17.0 Å². The number of sulfonamides is 1. The number of carbonyl (C=O) groups excluding carboxylic acids is 1. The highest BCUT2D eigenvalue weighted by atomic mass is 35.5. The Morgan fingerprint density at radius 3 is 2.52 bits per heavy atom. The molecule has 0 saturated carbocycles. The van der Waals surface area contributed by atoms with Gasteiger partial charge in [0.15, 0.2) is 5.82 Å². The molecule has 9 nitrogen and oxygen atoms in total. The summed E-state index contributed by atoms with van der Waals surface area (Å²) in [5, 5.41) is 4.21. The minimum atomic E-state index is -3.36. The number of rotatable bonds is 6. The summed E-state index contributed by atoms with van der Waals surface area (Å²) in [6.07, 6.45) is 2.89. The van der Waals surface area contributed by atoms with Crippen LogP contribution in [0.2, 0.25) is 0 Å². The van der Waals surface area contributed by atoms with Crippen LogP contribution >= 0.6 is 12.4 Å². The lowest BCUT2D eigenvalue weighted by Crippen LogP contribution is -2.49. The second-order valence-electron chi connectivity index (χ2n) is 8.31. The van der Waals surface area contributed by atoms with Crippen molar-refractivity contribution < 1.29 is 13.2 Å². The molecule has 1 amide bonds. The molecule has 3 N–H and O–H groups in total. The van der Waals surface area contributed by atoms with Gasteiger partial charge in [-0.25, -0.2) is 13.4 Å². The molecule has 1 aromatic carbocycles. The number of aromatic nitrogens is 2. The zero-order valence-corrected chi connectivity index (χ0v) is 20.5. The Morgan fingerprint density at radius 1 is 1.12 bits per heavy atom. The highest BCUT2D eigenvalue weighted by molar-refractivity contribution is 7.92. The summed E-state index contributed by atoms with van der Waals surface area (Å²) in [6, 6.07) is 11.2. The molecule has 3 aromatic rings. The third-order valence-corrected chi connectivity index (χ3v) is 5.86. The van der Waals surface area contributed by atoms with Crippen LogP contribution < -0.4 is 14.9 Å². The molecule has 3 heterocycles. The lowest BCUT2D eigenvalue weighted by Gasteiger charge is -2.36. The third-order valence-electron chi connectivity index (χ3n) is 5.25. The van der Waals surface area contributed by atoms with E-state index in [0.717, 1.165) is 28.7 Å². The van der Waals surface area contributed by atoms with E-state index in [9.17, 15) is 13.2 Å². The summed E-state index contributed by atoms with van der Waals surface area (Å²) >= 11 is 0. The molecule has 33 heavy (non-hydrogen) atoms. The predicted molar refractivity (Wildman–Crippen MR) is 135 cm³/mol. The number of halogens is 1. The Kier molecular flexibility index (Phi) is 7.38. The quantitative estimate of drug-likeness (QED) is 0.487. The summed E-state index contributed by atoms with van der Waals surface area (Å²) in [4.78, 5) is 24.8. The van der Waals surface area contributed by atoms with Crippen LogP contribution in [0.5, 0.6) is 0 Å². The molecule has 0 unspecified atom stereocenters. The molecule has 0 radical (unpaired) electrons. The number of H-pyrrole nitrogens is 1. The Morgan fingerprint density at radius 2 is 1.85 bits per heavy atom. The van der Waals surface area contributed by atoms with Gasteiger partial charge >= 0.3 is 0 Å². The first-order valence-corrected chi connectivity index (χ1v) is 12.4. The van der Waals surface area contributed by atoms with Crippen LogP contribution in [-0.2, 0) is 10.0 Å². The number of carbonyl (C=O) groups is 1. The molecule has 11 heteroatoms. The van der Waals surface area contributed by atoms with Crippen molar-refractivity contribution in [2.45, 2.75) is 19.9 Å². The van der Waals surface area contributed by atoms with Gasteiger partial charge in [0.2, 0.25) is 10.0 Å². The van der Waals surface area contributed by atoms with Gasteiger partial charge in [-0.05, 0) is 50.2 Å². The van der Waals surface area contributed by atoms with Crippen LogP contribution in [0.15, 0.2) is 42.6 Å². The van der Waals surface area contributed by atoms with Crippen molar-refractivity contribution in [1.29, 1.82) is 0 Å². The average Bonchev–Trinajstić information content (AvgIpc) is 3.15. The predicted octanol–water partition coefficient (Wildman–Crippen LogP) is 3.14. The number of pyridine rings is 1. The second kappa shape index (κ2) is 9.88. The van der Waals surface area contributed by atoms with Crippen molar-refractivity contribution >= 4 is 56.4 Å². The summed E-state index contributed by atoms with van der Waals surface area (Å²) in [5.74, 6) is 0.838. The number of fused-ring (bicyclic) bond motifs is 1. The van der Waals surface area contributed by atoms with E-state index < -0.39 is 10.0 Å². The number of piperazine rings is 1. The summed E-state index contributed by atoms with van der Waals surface area (Å²) < 4.78 is 25.4. The van der Waals surface area contributed by atoms with Crippen molar-refractivity contribution in [3.63, 3.8) is 0 Å². The summed E-state index contributed by atoms with van der Waals surface area (Å²) in [7, 11) is -3.36. The van der Waals surface area contributed by atoms with Crippen LogP contribution in [0.3, 0.4) is 0 Å². The lowest BCUT2D eigenvalue weighted by molar-refractivity contribution is 0.0741. The molecule has 1 saturated heterocycles. The fourth-order valence-corrected chi connectivity index (χ4v) is 4.44. The molecule has 0 atom stereocenters. The summed E-state index contributed by atoms with van der Waals surface area (Å²) in [5.41, 5.74) is 2.73. The standard InChI is InChI=1S/C22H28N6O3S.ClH/c1-15(2)24-19-5-4-8-23-21(19)27-9-11-28(12-10-27)22(29)20-14-16-13-17(26-32(3,30)31)6-7-18(16)25-20;/h4-8,13-15,24-26H,9-12H2,1-3H3;1H. The Labute approximate surface area is 200 Å². The van der Waals surface area contributed by atoms with Crippen molar-refractivity contribution in [2.24, 2.45) is 0 Å². The highest BCUT2D eigenvalue weighted by Gasteiger charge is 2.25. The summed E-state index contributed by atoms with van der Waals surface area (Å²) in [6.45, 7) is 6.75. The molecule has 1 aliphatic heterocycles. The van der Waals surface area contributed by atoms with Gasteiger partial charge in [-0.1, -0.05) is 0 Å². The Hall–Kier alpha value is -2.98. The largest absolute Gasteiger partial charge is 0.380 e. The van der Waals surface area contributed by atoms with Gasteiger partial charge in [-0.2, -0.15) is 0 Å². The minimum absolute atomic E-state index is 0. The maximum atomic E-state index is 13.1. The van der Waals surface area contributed by atoms with Gasteiger partial charge in [-0.3, -0.25) is 9.52 Å². The number of nitrogens with one attached hydrogen (secondary N) is 3. The van der Waals surface area contributed by atoms with E-state index in [2.05, 4.69) is 38.8 Å². The Balaban J connectivity index is 0.00000306. The molecule has 1 aliphatic rings. The number of hydrogen-bond donors (Lipinski definition) is 3. The molecule has 2 aromatic heterocycles. The van der Waals surface area contributed by atoms with Crippen LogP contribution in [-0.4, -0.2) is 67.7 Å². The number of aromatic amines is 1. The van der Waals surface area contributed by atoms with E-state index in [0.29, 0.717) is 43.6 Å². The van der Waals surface area contributed by atoms with E-state index in [1.165, 1.54) is 0 Å². The zero-order valence-electron chi connectivity index (χ0n) is 18.8. The number of hydrogen-bond acceptors (Lipinski definition) is 6. The van der Waals surface area contributed by atoms with Gasteiger partial charge in [0.1, 0.15) is 5.69 Å². The SMILES string of the molecule is CC(C)Nc1cccnc1N1CCN(C(=O)c2cc3cc(NS(C)(=O)=O)ccc3[nH]2)CC1.Cl. The second-order valence-corrected chi connectivity index (χ2v) is 10.1. The van der Waals surface area contributed by atoms with E-state index in [1.54, 1.807) is 30.5 Å². The first kappa shape index (κ1) is 24.7. The molecule has 0 spiro atoms. The number of benzene rings is 1. The number of amides is 1. The first-order valence-electron chi connectivity index (χ1n) is 10.6.